The number of ether oxygens (including phenoxy) is 1. The van der Waals surface area contributed by atoms with E-state index >= 15 is 0 Å². The molecule has 0 aliphatic carbocycles. The van der Waals surface area contributed by atoms with Crippen molar-refractivity contribution in [2.75, 3.05) is 12.4 Å². The Hall–Kier alpha value is -2.78. The van der Waals surface area contributed by atoms with Gasteiger partial charge in [-0.05, 0) is 29.8 Å². The third-order valence-electron chi connectivity index (χ3n) is 3.66. The number of hydrogen-bond acceptors (Lipinski definition) is 6. The zero-order valence-corrected chi connectivity index (χ0v) is 15.4. The monoisotopic (exact) mass is 407 g/mol. The summed E-state index contributed by atoms with van der Waals surface area (Å²) in [6.07, 6.45) is 0. The van der Waals surface area contributed by atoms with Crippen molar-refractivity contribution in [1.29, 1.82) is 0 Å². The fourth-order valence-corrected chi connectivity index (χ4v) is 3.73. The van der Waals surface area contributed by atoms with Crippen LogP contribution in [0.15, 0.2) is 48.5 Å². The summed E-state index contributed by atoms with van der Waals surface area (Å²) in [6, 6.07) is 12.4. The van der Waals surface area contributed by atoms with Gasteiger partial charge in [0.15, 0.2) is 6.61 Å². The maximum Gasteiger partial charge on any atom is 0.276 e. The number of carbonyl (C=O) groups excluding carboxylic acids is 2. The van der Waals surface area contributed by atoms with Crippen molar-refractivity contribution in [3.05, 3.63) is 69.2 Å². The van der Waals surface area contributed by atoms with E-state index in [1.807, 2.05) is 6.07 Å². The summed E-state index contributed by atoms with van der Waals surface area (Å²) in [6.45, 7) is -0.339. The number of thioether (sulfide) groups is 1. The maximum atomic E-state index is 12.2. The number of hydrogen-bond donors (Lipinski definition) is 1. The minimum absolute atomic E-state index is 0.0733. The van der Waals surface area contributed by atoms with Gasteiger partial charge in [0, 0.05) is 17.2 Å². The molecule has 1 saturated heterocycles. The number of non-ortho nitro benzene ring substituents is 1. The summed E-state index contributed by atoms with van der Waals surface area (Å²) in [5.41, 5.74) is 3.27. The lowest BCUT2D eigenvalue weighted by Crippen LogP contribution is -2.46. The van der Waals surface area contributed by atoms with E-state index in [1.54, 1.807) is 18.2 Å². The molecule has 1 heterocycles. The Bertz CT molecular complexity index is 877. The molecule has 1 N–H and O–H groups in total. The first-order chi connectivity index (χ1) is 12.9. The van der Waals surface area contributed by atoms with E-state index < -0.39 is 10.8 Å². The Kier molecular flexibility index (Phi) is 5.82. The summed E-state index contributed by atoms with van der Waals surface area (Å²) < 4.78 is 5.31. The summed E-state index contributed by atoms with van der Waals surface area (Å²) in [7, 11) is 0. The normalized spacial score (nSPS) is 16.3. The molecule has 140 valence electrons. The van der Waals surface area contributed by atoms with Crippen LogP contribution in [0.4, 0.5) is 5.69 Å². The Labute approximate surface area is 163 Å². The summed E-state index contributed by atoms with van der Waals surface area (Å²) >= 11 is 7.38. The molecule has 2 aromatic carbocycles. The van der Waals surface area contributed by atoms with E-state index in [4.69, 9.17) is 16.3 Å². The number of halogens is 1. The molecule has 1 unspecified atom stereocenters. The molecule has 2 aromatic rings. The van der Waals surface area contributed by atoms with Crippen molar-refractivity contribution in [3.63, 3.8) is 0 Å². The van der Waals surface area contributed by atoms with Crippen LogP contribution in [0.1, 0.15) is 10.9 Å². The Morgan fingerprint density at radius 2 is 2.07 bits per heavy atom. The molecule has 1 aliphatic rings. The molecule has 1 fully saturated rings. The average molecular weight is 408 g/mol. The first kappa shape index (κ1) is 19.0. The molecule has 2 amide bonds. The van der Waals surface area contributed by atoms with Crippen molar-refractivity contribution >= 4 is 40.9 Å². The van der Waals surface area contributed by atoms with Crippen molar-refractivity contribution in [3.8, 4) is 5.75 Å². The zero-order chi connectivity index (χ0) is 19.4. The van der Waals surface area contributed by atoms with Crippen LogP contribution < -0.4 is 10.2 Å². The minimum atomic E-state index is -0.525. The number of nitrogens with zero attached hydrogens (tertiary/aromatic N) is 2. The standard InChI is InChI=1S/C17H14ClN3O5S/c18-12-3-1-2-11(8-12)17-20(16(23)10-27-17)19-15(22)9-26-14-6-4-13(5-7-14)21(24)25/h1-8,17H,9-10H2,(H,19,22). The summed E-state index contributed by atoms with van der Waals surface area (Å²) in [5, 5.41) is 12.1. The van der Waals surface area contributed by atoms with Crippen molar-refractivity contribution in [1.82, 2.24) is 10.4 Å². The lowest BCUT2D eigenvalue weighted by molar-refractivity contribution is -0.384. The summed E-state index contributed by atoms with van der Waals surface area (Å²) in [5.74, 6) is -0.199. The smallest absolute Gasteiger partial charge is 0.276 e. The highest BCUT2D eigenvalue weighted by molar-refractivity contribution is 8.00. The van der Waals surface area contributed by atoms with Crippen LogP contribution >= 0.6 is 23.4 Å². The molecule has 0 bridgehead atoms. The number of nitrogens with one attached hydrogen (secondary N) is 1. The Balaban J connectivity index is 1.60. The van der Waals surface area contributed by atoms with Crippen LogP contribution in [0.5, 0.6) is 5.75 Å². The molecular weight excluding hydrogens is 394 g/mol. The second-order valence-electron chi connectivity index (χ2n) is 5.56. The highest BCUT2D eigenvalue weighted by Crippen LogP contribution is 2.37. The molecule has 27 heavy (non-hydrogen) atoms. The fourth-order valence-electron chi connectivity index (χ4n) is 2.43. The van der Waals surface area contributed by atoms with Crippen LogP contribution in [0.2, 0.25) is 5.02 Å². The fraction of sp³-hybridized carbons (Fsp3) is 0.176. The first-order valence-corrected chi connectivity index (χ1v) is 9.22. The number of amides is 2. The quantitative estimate of drug-likeness (QED) is 0.583. The third-order valence-corrected chi connectivity index (χ3v) is 5.11. The van der Waals surface area contributed by atoms with E-state index in [0.717, 1.165) is 5.56 Å². The van der Waals surface area contributed by atoms with E-state index in [9.17, 15) is 19.7 Å². The highest BCUT2D eigenvalue weighted by Gasteiger charge is 2.34. The number of carbonyl (C=O) groups is 2. The maximum absolute atomic E-state index is 12.2. The van der Waals surface area contributed by atoms with Crippen LogP contribution in [0.25, 0.3) is 0 Å². The second-order valence-corrected chi connectivity index (χ2v) is 7.06. The van der Waals surface area contributed by atoms with Crippen LogP contribution in [-0.2, 0) is 9.59 Å². The van der Waals surface area contributed by atoms with Crippen LogP contribution in [-0.4, -0.2) is 34.1 Å². The predicted molar refractivity (Wildman–Crippen MR) is 100 cm³/mol. The SMILES string of the molecule is O=C(COc1ccc([N+](=O)[O-])cc1)NN1C(=O)CSC1c1cccc(Cl)c1. The van der Waals surface area contributed by atoms with E-state index in [2.05, 4.69) is 5.43 Å². The van der Waals surface area contributed by atoms with Gasteiger partial charge < -0.3 is 4.74 Å². The molecule has 0 aromatic heterocycles. The van der Waals surface area contributed by atoms with Gasteiger partial charge in [0.2, 0.25) is 0 Å². The van der Waals surface area contributed by atoms with Crippen LogP contribution in [0.3, 0.4) is 0 Å². The lowest BCUT2D eigenvalue weighted by atomic mass is 10.2. The predicted octanol–water partition coefficient (Wildman–Crippen LogP) is 2.93. The summed E-state index contributed by atoms with van der Waals surface area (Å²) in [4.78, 5) is 34.4. The first-order valence-electron chi connectivity index (χ1n) is 7.80. The molecule has 10 heteroatoms. The average Bonchev–Trinajstić information content (AvgIpc) is 3.01. The topological polar surface area (TPSA) is 102 Å². The minimum Gasteiger partial charge on any atom is -0.484 e. The van der Waals surface area contributed by atoms with Gasteiger partial charge in [-0.15, -0.1) is 11.8 Å². The van der Waals surface area contributed by atoms with Crippen molar-refractivity contribution < 1.29 is 19.2 Å². The van der Waals surface area contributed by atoms with Gasteiger partial charge in [-0.25, -0.2) is 5.01 Å². The van der Waals surface area contributed by atoms with Gasteiger partial charge in [-0.3, -0.25) is 25.1 Å². The van der Waals surface area contributed by atoms with Crippen LogP contribution in [0, 0.1) is 10.1 Å². The van der Waals surface area contributed by atoms with E-state index in [1.165, 1.54) is 41.0 Å². The second kappa shape index (κ2) is 8.28. The number of benzene rings is 2. The Morgan fingerprint density at radius 1 is 1.33 bits per heavy atom. The lowest BCUT2D eigenvalue weighted by Gasteiger charge is -2.24. The number of nitro groups is 1. The zero-order valence-electron chi connectivity index (χ0n) is 13.8. The van der Waals surface area contributed by atoms with Crippen molar-refractivity contribution in [2.45, 2.75) is 5.37 Å². The Morgan fingerprint density at radius 3 is 2.74 bits per heavy atom. The largest absolute Gasteiger partial charge is 0.484 e. The number of nitro benzene ring substituents is 1. The van der Waals surface area contributed by atoms with Gasteiger partial charge in [-0.2, -0.15) is 0 Å². The number of hydrazine groups is 1. The van der Waals surface area contributed by atoms with E-state index in [0.29, 0.717) is 10.8 Å². The van der Waals surface area contributed by atoms with Gasteiger partial charge in [0.25, 0.3) is 17.5 Å². The number of rotatable bonds is 6. The highest BCUT2D eigenvalue weighted by atomic mass is 35.5. The van der Waals surface area contributed by atoms with Gasteiger partial charge in [0.1, 0.15) is 11.1 Å². The molecule has 0 spiro atoms. The molecular formula is C17H14ClN3O5S. The van der Waals surface area contributed by atoms with Crippen molar-refractivity contribution in [2.24, 2.45) is 0 Å². The van der Waals surface area contributed by atoms with Gasteiger partial charge in [0.05, 0.1) is 10.7 Å². The molecule has 1 atom stereocenters. The third kappa shape index (κ3) is 4.69. The molecule has 8 nitrogen and oxygen atoms in total. The van der Waals surface area contributed by atoms with Gasteiger partial charge in [-0.1, -0.05) is 23.7 Å². The molecule has 3 rings (SSSR count). The molecule has 1 aliphatic heterocycles. The molecule has 0 radical (unpaired) electrons. The molecule has 0 saturated carbocycles. The van der Waals surface area contributed by atoms with E-state index in [-0.39, 0.29) is 29.3 Å². The van der Waals surface area contributed by atoms with Gasteiger partial charge >= 0.3 is 0 Å².